The molecule has 3 heterocycles. The molecule has 0 radical (unpaired) electrons. The maximum absolute atomic E-state index is 13.7. The van der Waals surface area contributed by atoms with Gasteiger partial charge in [-0.3, -0.25) is 14.5 Å². The molecule has 7 rings (SSSR count). The summed E-state index contributed by atoms with van der Waals surface area (Å²) in [6.07, 6.45) is 0.719. The molecular formula is C34H26N2O5S. The molecule has 1 saturated heterocycles. The fraction of sp³-hybridized carbons (Fsp3) is 0.147. The first-order chi connectivity index (χ1) is 20.4. The monoisotopic (exact) mass is 574 g/mol. The molecule has 2 aliphatic heterocycles. The number of rotatable bonds is 5. The van der Waals surface area contributed by atoms with Gasteiger partial charge in [-0.15, -0.1) is 0 Å². The molecule has 1 N–H and O–H groups in total. The molecule has 0 aliphatic carbocycles. The van der Waals surface area contributed by atoms with E-state index in [1.807, 2.05) is 86.6 Å². The first-order valence-electron chi connectivity index (χ1n) is 13.7. The minimum absolute atomic E-state index is 0.000730. The van der Waals surface area contributed by atoms with Gasteiger partial charge >= 0.3 is 5.91 Å². The minimum Gasteiger partial charge on any atom is -0.507 e. The molecule has 42 heavy (non-hydrogen) atoms. The molecule has 0 saturated carbocycles. The highest BCUT2D eigenvalue weighted by Crippen LogP contribution is 2.45. The van der Waals surface area contributed by atoms with Crippen molar-refractivity contribution in [3.63, 3.8) is 0 Å². The molecule has 8 heteroatoms. The number of anilines is 1. The Bertz CT molecular complexity index is 1910. The Labute approximate surface area is 246 Å². The molecule has 7 nitrogen and oxygen atoms in total. The number of amides is 1. The van der Waals surface area contributed by atoms with Crippen molar-refractivity contribution < 1.29 is 24.2 Å². The number of nitrogens with zero attached hydrogens (tertiary/aromatic N) is 2. The van der Waals surface area contributed by atoms with Gasteiger partial charge in [-0.2, -0.15) is 0 Å². The van der Waals surface area contributed by atoms with E-state index in [-0.39, 0.29) is 17.4 Å². The second kappa shape index (κ2) is 10.2. The van der Waals surface area contributed by atoms with Crippen molar-refractivity contribution in [1.82, 2.24) is 4.98 Å². The van der Waals surface area contributed by atoms with Crippen LogP contribution >= 0.6 is 11.3 Å². The first-order valence-corrected chi connectivity index (χ1v) is 14.5. The summed E-state index contributed by atoms with van der Waals surface area (Å²) in [4.78, 5) is 33.6. The smallest absolute Gasteiger partial charge is 0.301 e. The standard InChI is InChI=1S/C34H26N2O5S/c1-19-11-13-26-28(15-19)42-34(35-26)36-30(21-7-6-10-25(18-21)41-24-8-4-3-5-9-24)29(32(38)33(36)39)31(37)22-12-14-27-23(17-22)16-20(2)40-27/h3-15,17-18,20,30,37H,16H2,1-2H3/t20-,30-/m0/s1. The summed E-state index contributed by atoms with van der Waals surface area (Å²) in [5.41, 5.74) is 3.80. The molecule has 1 amide bonds. The molecular weight excluding hydrogens is 548 g/mol. The highest BCUT2D eigenvalue weighted by atomic mass is 32.1. The van der Waals surface area contributed by atoms with E-state index in [0.29, 0.717) is 34.2 Å². The summed E-state index contributed by atoms with van der Waals surface area (Å²) in [7, 11) is 0. The van der Waals surface area contributed by atoms with Gasteiger partial charge in [0.25, 0.3) is 5.78 Å². The number of aryl methyl sites for hydroxylation is 1. The van der Waals surface area contributed by atoms with Crippen molar-refractivity contribution >= 4 is 44.1 Å². The third-order valence-electron chi connectivity index (χ3n) is 7.51. The minimum atomic E-state index is -0.922. The summed E-state index contributed by atoms with van der Waals surface area (Å²) in [5.74, 6) is 0.186. The SMILES string of the molecule is Cc1ccc2nc(N3C(=O)C(=O)C(=C(O)c4ccc5c(c4)C[C@H](C)O5)[C@@H]3c3cccc(Oc4ccccc4)c3)sc2c1. The van der Waals surface area contributed by atoms with Crippen LogP contribution in [0.4, 0.5) is 5.13 Å². The number of hydrogen-bond acceptors (Lipinski definition) is 7. The number of Topliss-reactive ketones (excluding diaryl/α,β-unsaturated/α-hetero) is 1. The van der Waals surface area contributed by atoms with E-state index in [0.717, 1.165) is 27.1 Å². The molecule has 2 aliphatic rings. The Kier molecular flexibility index (Phi) is 6.28. The highest BCUT2D eigenvalue weighted by Gasteiger charge is 2.48. The molecule has 5 aromatic rings. The topological polar surface area (TPSA) is 89.0 Å². The van der Waals surface area contributed by atoms with Gasteiger partial charge in [-0.05, 0) is 85.1 Å². The number of benzene rings is 4. The maximum Gasteiger partial charge on any atom is 0.301 e. The lowest BCUT2D eigenvalue weighted by atomic mass is 9.94. The van der Waals surface area contributed by atoms with Gasteiger partial charge < -0.3 is 14.6 Å². The van der Waals surface area contributed by atoms with Crippen LogP contribution < -0.4 is 14.4 Å². The highest BCUT2D eigenvalue weighted by molar-refractivity contribution is 7.22. The van der Waals surface area contributed by atoms with Crippen LogP contribution in [0, 0.1) is 6.92 Å². The van der Waals surface area contributed by atoms with Crippen LogP contribution in [-0.2, 0) is 16.0 Å². The fourth-order valence-electron chi connectivity index (χ4n) is 5.57. The number of aromatic nitrogens is 1. The lowest BCUT2D eigenvalue weighted by Crippen LogP contribution is -2.29. The number of fused-ring (bicyclic) bond motifs is 2. The normalized spacial score (nSPS) is 19.2. The van der Waals surface area contributed by atoms with Gasteiger partial charge in [0.05, 0.1) is 21.8 Å². The molecule has 0 spiro atoms. The number of thiazole rings is 1. The molecule has 2 atom stereocenters. The average molecular weight is 575 g/mol. The lowest BCUT2D eigenvalue weighted by molar-refractivity contribution is -0.132. The predicted octanol–water partition coefficient (Wildman–Crippen LogP) is 7.35. The number of ether oxygens (including phenoxy) is 2. The number of ketones is 1. The molecule has 208 valence electrons. The molecule has 1 aromatic heterocycles. The Balaban J connectivity index is 1.38. The van der Waals surface area contributed by atoms with Crippen LogP contribution in [0.5, 0.6) is 17.2 Å². The lowest BCUT2D eigenvalue weighted by Gasteiger charge is -2.23. The third-order valence-corrected chi connectivity index (χ3v) is 8.52. The Morgan fingerprint density at radius 3 is 2.62 bits per heavy atom. The van der Waals surface area contributed by atoms with Gasteiger partial charge in [0.15, 0.2) is 5.13 Å². The Morgan fingerprint density at radius 1 is 0.976 bits per heavy atom. The van der Waals surface area contributed by atoms with Crippen molar-refractivity contribution in [1.29, 1.82) is 0 Å². The number of carbonyl (C=O) groups excluding carboxylic acids is 2. The predicted molar refractivity (Wildman–Crippen MR) is 162 cm³/mol. The van der Waals surface area contributed by atoms with Crippen LogP contribution in [-0.4, -0.2) is 27.9 Å². The number of aliphatic hydroxyl groups excluding tert-OH is 1. The summed E-state index contributed by atoms with van der Waals surface area (Å²) < 4.78 is 12.8. The van der Waals surface area contributed by atoms with Crippen molar-refractivity contribution in [2.24, 2.45) is 0 Å². The van der Waals surface area contributed by atoms with Crippen molar-refractivity contribution in [3.8, 4) is 17.2 Å². The van der Waals surface area contributed by atoms with E-state index < -0.39 is 17.7 Å². The van der Waals surface area contributed by atoms with Crippen LogP contribution in [0.25, 0.3) is 16.0 Å². The van der Waals surface area contributed by atoms with Crippen molar-refractivity contribution in [2.45, 2.75) is 32.4 Å². The number of carbonyl (C=O) groups is 2. The summed E-state index contributed by atoms with van der Waals surface area (Å²) in [6, 6.07) is 26.9. The van der Waals surface area contributed by atoms with Crippen molar-refractivity contribution in [3.05, 3.63) is 119 Å². The Morgan fingerprint density at radius 2 is 1.79 bits per heavy atom. The zero-order chi connectivity index (χ0) is 29.0. The summed E-state index contributed by atoms with van der Waals surface area (Å²) >= 11 is 1.34. The Hall–Kier alpha value is -4.95. The second-order valence-corrected chi connectivity index (χ2v) is 11.6. The maximum atomic E-state index is 13.7. The first kappa shape index (κ1) is 26.0. The van der Waals surface area contributed by atoms with E-state index in [1.165, 1.54) is 16.2 Å². The number of hydrogen-bond donors (Lipinski definition) is 1. The van der Waals surface area contributed by atoms with Gasteiger partial charge in [0.2, 0.25) is 0 Å². The van der Waals surface area contributed by atoms with Crippen LogP contribution in [0.15, 0.2) is 96.6 Å². The summed E-state index contributed by atoms with van der Waals surface area (Å²) in [6.45, 7) is 3.97. The van der Waals surface area contributed by atoms with E-state index in [2.05, 4.69) is 0 Å². The molecule has 0 bridgehead atoms. The van der Waals surface area contributed by atoms with Gasteiger partial charge in [-0.25, -0.2) is 4.98 Å². The molecule has 4 aromatic carbocycles. The van der Waals surface area contributed by atoms with Crippen LogP contribution in [0.3, 0.4) is 0 Å². The second-order valence-electron chi connectivity index (χ2n) is 10.6. The quantitative estimate of drug-likeness (QED) is 0.134. The van der Waals surface area contributed by atoms with Gasteiger partial charge in [-0.1, -0.05) is 47.7 Å². The number of aliphatic hydroxyl groups is 1. The van der Waals surface area contributed by atoms with Crippen LogP contribution in [0.2, 0.25) is 0 Å². The third kappa shape index (κ3) is 4.50. The van der Waals surface area contributed by atoms with E-state index in [4.69, 9.17) is 14.5 Å². The van der Waals surface area contributed by atoms with E-state index >= 15 is 0 Å². The van der Waals surface area contributed by atoms with E-state index in [9.17, 15) is 14.7 Å². The zero-order valence-corrected chi connectivity index (χ0v) is 23.7. The van der Waals surface area contributed by atoms with Gasteiger partial charge in [0.1, 0.15) is 29.1 Å². The molecule has 1 fully saturated rings. The largest absolute Gasteiger partial charge is 0.507 e. The van der Waals surface area contributed by atoms with Crippen LogP contribution in [0.1, 0.15) is 35.2 Å². The van der Waals surface area contributed by atoms with Gasteiger partial charge in [0, 0.05) is 12.0 Å². The van der Waals surface area contributed by atoms with E-state index in [1.54, 1.807) is 18.2 Å². The number of para-hydroxylation sites is 1. The van der Waals surface area contributed by atoms with Crippen molar-refractivity contribution in [2.75, 3.05) is 4.90 Å². The average Bonchev–Trinajstić information content (AvgIpc) is 3.65. The fourth-order valence-corrected chi connectivity index (χ4v) is 6.66. The zero-order valence-electron chi connectivity index (χ0n) is 22.9. The summed E-state index contributed by atoms with van der Waals surface area (Å²) in [5, 5.41) is 12.1. The molecule has 0 unspecified atom stereocenters.